The lowest BCUT2D eigenvalue weighted by Gasteiger charge is -2.34. The number of sulfonamides is 1. The van der Waals surface area contributed by atoms with Crippen molar-refractivity contribution < 1.29 is 23.1 Å². The maximum Gasteiger partial charge on any atom is 0.304 e. The summed E-state index contributed by atoms with van der Waals surface area (Å²) in [7, 11) is -1.51. The van der Waals surface area contributed by atoms with Gasteiger partial charge in [-0.15, -0.1) is 0 Å². The van der Waals surface area contributed by atoms with Crippen LogP contribution in [0.4, 0.5) is 0 Å². The lowest BCUT2D eigenvalue weighted by Crippen LogP contribution is -2.52. The van der Waals surface area contributed by atoms with Crippen molar-refractivity contribution in [3.8, 4) is 0 Å². The Bertz CT molecular complexity index is 457. The second-order valence-corrected chi connectivity index (χ2v) is 6.91. The van der Waals surface area contributed by atoms with Gasteiger partial charge in [0.25, 0.3) is 0 Å². The predicted molar refractivity (Wildman–Crippen MR) is 72.7 cm³/mol. The van der Waals surface area contributed by atoms with Crippen molar-refractivity contribution in [3.05, 3.63) is 0 Å². The zero-order valence-corrected chi connectivity index (χ0v) is 12.6. The summed E-state index contributed by atoms with van der Waals surface area (Å²) in [5, 5.41) is 8.57. The van der Waals surface area contributed by atoms with Gasteiger partial charge in [-0.25, -0.2) is 8.42 Å². The molecular formula is C11H21N3O5S. The molecule has 0 aromatic rings. The molecule has 116 valence electrons. The van der Waals surface area contributed by atoms with Gasteiger partial charge in [-0.1, -0.05) is 0 Å². The van der Waals surface area contributed by atoms with Crippen molar-refractivity contribution in [2.24, 2.45) is 0 Å². The molecule has 0 bridgehead atoms. The first-order valence-electron chi connectivity index (χ1n) is 6.33. The van der Waals surface area contributed by atoms with Crippen LogP contribution in [0.3, 0.4) is 0 Å². The molecule has 0 radical (unpaired) electrons. The summed E-state index contributed by atoms with van der Waals surface area (Å²) in [5.74, 6) is -1.00. The third-order valence-electron chi connectivity index (χ3n) is 3.17. The first kappa shape index (κ1) is 16.9. The molecule has 1 N–H and O–H groups in total. The van der Waals surface area contributed by atoms with Crippen molar-refractivity contribution in [2.75, 3.05) is 52.6 Å². The number of rotatable bonds is 6. The number of carboxylic acid groups (broad SMARTS) is 1. The SMILES string of the molecule is CN(CCC(=O)O)CC(=O)N1CCN(S(C)(=O)=O)CC1. The monoisotopic (exact) mass is 307 g/mol. The number of hydrogen-bond donors (Lipinski definition) is 1. The summed E-state index contributed by atoms with van der Waals surface area (Å²) >= 11 is 0. The predicted octanol–water partition coefficient (Wildman–Crippen LogP) is -1.50. The number of hydrogen-bond acceptors (Lipinski definition) is 5. The van der Waals surface area contributed by atoms with Crippen LogP contribution < -0.4 is 0 Å². The molecule has 0 atom stereocenters. The van der Waals surface area contributed by atoms with Gasteiger partial charge in [0, 0.05) is 32.7 Å². The van der Waals surface area contributed by atoms with Gasteiger partial charge in [-0.05, 0) is 7.05 Å². The van der Waals surface area contributed by atoms with E-state index in [1.165, 1.54) is 4.31 Å². The maximum absolute atomic E-state index is 12.0. The standard InChI is InChI=1S/C11H21N3O5S/c1-12(4-3-11(16)17)9-10(15)13-5-7-14(8-6-13)20(2,18)19/h3-9H2,1-2H3,(H,16,17). The zero-order valence-electron chi connectivity index (χ0n) is 11.8. The maximum atomic E-state index is 12.0. The van der Waals surface area contributed by atoms with Crippen LogP contribution in [0, 0.1) is 0 Å². The van der Waals surface area contributed by atoms with Crippen LogP contribution >= 0.6 is 0 Å². The second-order valence-electron chi connectivity index (χ2n) is 4.92. The number of aliphatic carboxylic acids is 1. The highest BCUT2D eigenvalue weighted by Gasteiger charge is 2.26. The molecule has 20 heavy (non-hydrogen) atoms. The normalized spacial score (nSPS) is 17.4. The van der Waals surface area contributed by atoms with Crippen LogP contribution in [0.5, 0.6) is 0 Å². The highest BCUT2D eigenvalue weighted by molar-refractivity contribution is 7.88. The summed E-state index contributed by atoms with van der Waals surface area (Å²) in [6, 6.07) is 0. The number of nitrogens with zero attached hydrogens (tertiary/aromatic N) is 3. The van der Waals surface area contributed by atoms with E-state index < -0.39 is 16.0 Å². The van der Waals surface area contributed by atoms with E-state index in [1.54, 1.807) is 16.8 Å². The number of likely N-dealkylation sites (N-methyl/N-ethyl adjacent to an activating group) is 1. The Morgan fingerprint density at radius 1 is 1.20 bits per heavy atom. The highest BCUT2D eigenvalue weighted by Crippen LogP contribution is 2.06. The van der Waals surface area contributed by atoms with E-state index in [4.69, 9.17) is 5.11 Å². The highest BCUT2D eigenvalue weighted by atomic mass is 32.2. The molecule has 0 spiro atoms. The van der Waals surface area contributed by atoms with Crippen LogP contribution in [0.2, 0.25) is 0 Å². The summed E-state index contributed by atoms with van der Waals surface area (Å²) < 4.78 is 24.0. The number of carboxylic acids is 1. The zero-order chi connectivity index (χ0) is 15.3. The molecule has 9 heteroatoms. The summed E-state index contributed by atoms with van der Waals surface area (Å²) in [5.41, 5.74) is 0. The first-order chi connectivity index (χ1) is 9.20. The van der Waals surface area contributed by atoms with E-state index in [2.05, 4.69) is 0 Å². The minimum atomic E-state index is -3.20. The van der Waals surface area contributed by atoms with Crippen molar-refractivity contribution in [1.82, 2.24) is 14.1 Å². The van der Waals surface area contributed by atoms with E-state index in [0.717, 1.165) is 6.26 Å². The van der Waals surface area contributed by atoms with Crippen LogP contribution in [-0.4, -0.2) is 92.1 Å². The lowest BCUT2D eigenvalue weighted by molar-refractivity contribution is -0.138. The number of piperazine rings is 1. The average Bonchev–Trinajstić information content (AvgIpc) is 2.35. The molecule has 1 heterocycles. The fourth-order valence-corrected chi connectivity index (χ4v) is 2.79. The molecule has 0 saturated carbocycles. The molecule has 1 aliphatic heterocycles. The molecule has 8 nitrogen and oxygen atoms in total. The third kappa shape index (κ3) is 5.43. The van der Waals surface area contributed by atoms with Crippen LogP contribution in [0.1, 0.15) is 6.42 Å². The van der Waals surface area contributed by atoms with E-state index in [-0.39, 0.29) is 18.9 Å². The molecule has 0 aliphatic carbocycles. The molecule has 1 rings (SSSR count). The van der Waals surface area contributed by atoms with Crippen molar-refractivity contribution in [2.45, 2.75) is 6.42 Å². The van der Waals surface area contributed by atoms with Gasteiger partial charge in [0.1, 0.15) is 0 Å². The van der Waals surface area contributed by atoms with Crippen molar-refractivity contribution in [1.29, 1.82) is 0 Å². The topological polar surface area (TPSA) is 98.2 Å². The number of carbonyl (C=O) groups excluding carboxylic acids is 1. The van der Waals surface area contributed by atoms with Crippen LogP contribution in [0.15, 0.2) is 0 Å². The van der Waals surface area contributed by atoms with Gasteiger partial charge in [-0.3, -0.25) is 14.5 Å². The Hall–Kier alpha value is -1.19. The molecule has 1 saturated heterocycles. The van der Waals surface area contributed by atoms with Gasteiger partial charge in [-0.2, -0.15) is 4.31 Å². The quantitative estimate of drug-likeness (QED) is 0.641. The van der Waals surface area contributed by atoms with Crippen molar-refractivity contribution >= 4 is 21.9 Å². The largest absolute Gasteiger partial charge is 0.481 e. The van der Waals surface area contributed by atoms with Gasteiger partial charge in [0.2, 0.25) is 15.9 Å². The Morgan fingerprint density at radius 2 is 1.75 bits per heavy atom. The van der Waals surface area contributed by atoms with Crippen LogP contribution in [-0.2, 0) is 19.6 Å². The van der Waals surface area contributed by atoms with E-state index in [9.17, 15) is 18.0 Å². The summed E-state index contributed by atoms with van der Waals surface area (Å²) in [6.45, 7) is 1.82. The summed E-state index contributed by atoms with van der Waals surface area (Å²) in [6.07, 6.45) is 1.15. The molecule has 0 aromatic heterocycles. The molecule has 0 unspecified atom stereocenters. The minimum Gasteiger partial charge on any atom is -0.481 e. The number of amides is 1. The fourth-order valence-electron chi connectivity index (χ4n) is 1.97. The molecule has 1 fully saturated rings. The molecule has 0 aromatic carbocycles. The van der Waals surface area contributed by atoms with Gasteiger partial charge in [0.05, 0.1) is 19.2 Å². The van der Waals surface area contributed by atoms with Gasteiger partial charge >= 0.3 is 5.97 Å². The van der Waals surface area contributed by atoms with E-state index in [1.807, 2.05) is 0 Å². The summed E-state index contributed by atoms with van der Waals surface area (Å²) in [4.78, 5) is 25.7. The van der Waals surface area contributed by atoms with E-state index in [0.29, 0.717) is 32.7 Å². The van der Waals surface area contributed by atoms with Gasteiger partial charge in [0.15, 0.2) is 0 Å². The Labute approximate surface area is 119 Å². The minimum absolute atomic E-state index is 0.00830. The number of carbonyl (C=O) groups is 2. The third-order valence-corrected chi connectivity index (χ3v) is 4.48. The lowest BCUT2D eigenvalue weighted by atomic mass is 10.3. The second kappa shape index (κ2) is 7.00. The Morgan fingerprint density at radius 3 is 2.20 bits per heavy atom. The molecular weight excluding hydrogens is 286 g/mol. The van der Waals surface area contributed by atoms with Crippen molar-refractivity contribution in [3.63, 3.8) is 0 Å². The van der Waals surface area contributed by atoms with Gasteiger partial charge < -0.3 is 10.0 Å². The molecule has 1 aliphatic rings. The Balaban J connectivity index is 2.37. The van der Waals surface area contributed by atoms with E-state index >= 15 is 0 Å². The fraction of sp³-hybridized carbons (Fsp3) is 0.818. The van der Waals surface area contributed by atoms with Crippen LogP contribution in [0.25, 0.3) is 0 Å². The first-order valence-corrected chi connectivity index (χ1v) is 8.18. The Kier molecular flexibility index (Phi) is 5.90. The average molecular weight is 307 g/mol. The molecule has 1 amide bonds. The smallest absolute Gasteiger partial charge is 0.304 e.